The summed E-state index contributed by atoms with van der Waals surface area (Å²) in [5.41, 5.74) is 3.83. The summed E-state index contributed by atoms with van der Waals surface area (Å²) in [5.74, 6) is 3.41. The zero-order valence-electron chi connectivity index (χ0n) is 20.5. The van der Waals surface area contributed by atoms with Crippen molar-refractivity contribution in [1.82, 2.24) is 9.88 Å². The van der Waals surface area contributed by atoms with E-state index in [1.165, 1.54) is 11.1 Å². The lowest BCUT2D eigenvalue weighted by molar-refractivity contribution is 0.0517. The van der Waals surface area contributed by atoms with Gasteiger partial charge in [0.05, 0.1) is 21.3 Å². The number of methoxy groups -OCH3 is 3. The minimum absolute atomic E-state index is 0.162. The maximum absolute atomic E-state index is 10.2. The summed E-state index contributed by atoms with van der Waals surface area (Å²) >= 11 is 0. The van der Waals surface area contributed by atoms with Crippen LogP contribution in [0.25, 0.3) is 10.8 Å². The molecule has 0 amide bonds. The molecule has 3 atom stereocenters. The van der Waals surface area contributed by atoms with Crippen molar-refractivity contribution in [2.45, 2.75) is 38.6 Å². The highest BCUT2D eigenvalue weighted by Crippen LogP contribution is 2.46. The second-order valence-electron chi connectivity index (χ2n) is 9.54. The van der Waals surface area contributed by atoms with Gasteiger partial charge in [0.2, 0.25) is 0 Å². The summed E-state index contributed by atoms with van der Waals surface area (Å²) in [4.78, 5) is 7.45. The lowest BCUT2D eigenvalue weighted by Gasteiger charge is -2.47. The Morgan fingerprint density at radius 3 is 2.50 bits per heavy atom. The third kappa shape index (κ3) is 3.94. The van der Waals surface area contributed by atoms with Gasteiger partial charge in [-0.1, -0.05) is 13.3 Å². The second-order valence-corrected chi connectivity index (χ2v) is 9.54. The van der Waals surface area contributed by atoms with Crippen LogP contribution in [0.15, 0.2) is 36.5 Å². The van der Waals surface area contributed by atoms with Gasteiger partial charge >= 0.3 is 0 Å². The fraction of sp³-hybridized carbons (Fsp3) is 0.464. The van der Waals surface area contributed by atoms with E-state index in [-0.39, 0.29) is 5.75 Å². The first-order chi connectivity index (χ1) is 16.6. The van der Waals surface area contributed by atoms with E-state index in [0.29, 0.717) is 23.6 Å². The van der Waals surface area contributed by atoms with Crippen LogP contribution in [0.1, 0.15) is 42.6 Å². The largest absolute Gasteiger partial charge is 0.504 e. The van der Waals surface area contributed by atoms with E-state index in [0.717, 1.165) is 66.7 Å². The van der Waals surface area contributed by atoms with Crippen LogP contribution in [0.5, 0.6) is 23.0 Å². The first-order valence-corrected chi connectivity index (χ1v) is 12.2. The van der Waals surface area contributed by atoms with Crippen molar-refractivity contribution < 1.29 is 19.3 Å². The summed E-state index contributed by atoms with van der Waals surface area (Å²) in [5, 5.41) is 12.3. The number of fused-ring (bicyclic) bond motifs is 4. The molecule has 5 rings (SSSR count). The molecule has 6 heteroatoms. The normalized spacial score (nSPS) is 22.2. The predicted octanol–water partition coefficient (Wildman–Crippen LogP) is 5.15. The summed E-state index contributed by atoms with van der Waals surface area (Å²) in [6, 6.07) is 10.4. The highest BCUT2D eigenvalue weighted by molar-refractivity contribution is 5.87. The number of hydrogen-bond acceptors (Lipinski definition) is 6. The number of phenolic OH excluding ortho intramolecular Hbond substituents is 1. The Balaban J connectivity index is 1.49. The number of hydrogen-bond donors (Lipinski definition) is 1. The number of benzene rings is 2. The number of aromatic hydroxyl groups is 1. The van der Waals surface area contributed by atoms with E-state index in [2.05, 4.69) is 24.0 Å². The van der Waals surface area contributed by atoms with Gasteiger partial charge in [0.25, 0.3) is 0 Å². The Kier molecular flexibility index (Phi) is 6.26. The Bertz CT molecular complexity index is 1190. The van der Waals surface area contributed by atoms with E-state index in [4.69, 9.17) is 19.2 Å². The van der Waals surface area contributed by atoms with Crippen LogP contribution in [-0.2, 0) is 12.8 Å². The summed E-state index contributed by atoms with van der Waals surface area (Å²) in [7, 11) is 5.00. The zero-order chi connectivity index (χ0) is 23.8. The van der Waals surface area contributed by atoms with E-state index >= 15 is 0 Å². The molecule has 3 unspecified atom stereocenters. The molecule has 1 aromatic heterocycles. The Hall–Kier alpha value is -2.99. The predicted molar refractivity (Wildman–Crippen MR) is 133 cm³/mol. The molecule has 180 valence electrons. The molecule has 0 saturated carbocycles. The van der Waals surface area contributed by atoms with E-state index in [1.807, 2.05) is 18.3 Å². The molecule has 1 saturated heterocycles. The molecule has 2 aliphatic rings. The van der Waals surface area contributed by atoms with Crippen molar-refractivity contribution in [1.29, 1.82) is 0 Å². The SMILES string of the molecule is CCC1CN2CCc3cc(OC)c(OC)cc3C2CC1Cc1nccc2cc(O)c(OC)cc12. The quantitative estimate of drug-likeness (QED) is 0.546. The van der Waals surface area contributed by atoms with Gasteiger partial charge in [-0.2, -0.15) is 0 Å². The average molecular weight is 463 g/mol. The van der Waals surface area contributed by atoms with Gasteiger partial charge in [0, 0.05) is 36.4 Å². The van der Waals surface area contributed by atoms with Crippen LogP contribution in [0, 0.1) is 11.8 Å². The lowest BCUT2D eigenvalue weighted by atomic mass is 9.74. The van der Waals surface area contributed by atoms with E-state index in [1.54, 1.807) is 27.4 Å². The fourth-order valence-electron chi connectivity index (χ4n) is 6.04. The molecule has 0 spiro atoms. The number of ether oxygens (including phenoxy) is 3. The van der Waals surface area contributed by atoms with Gasteiger partial charge in [-0.3, -0.25) is 9.88 Å². The Morgan fingerprint density at radius 1 is 1.00 bits per heavy atom. The molecule has 1 fully saturated rings. The van der Waals surface area contributed by atoms with Gasteiger partial charge in [0.15, 0.2) is 23.0 Å². The first kappa shape index (κ1) is 22.8. The Labute approximate surface area is 201 Å². The summed E-state index contributed by atoms with van der Waals surface area (Å²) < 4.78 is 16.6. The first-order valence-electron chi connectivity index (χ1n) is 12.2. The van der Waals surface area contributed by atoms with Crippen LogP contribution >= 0.6 is 0 Å². The number of nitrogens with zero attached hydrogens (tertiary/aromatic N) is 2. The number of pyridine rings is 1. The van der Waals surface area contributed by atoms with Crippen molar-refractivity contribution >= 4 is 10.8 Å². The highest BCUT2D eigenvalue weighted by atomic mass is 16.5. The van der Waals surface area contributed by atoms with Crippen LogP contribution < -0.4 is 14.2 Å². The topological polar surface area (TPSA) is 64.1 Å². The van der Waals surface area contributed by atoms with Gasteiger partial charge in [0.1, 0.15) is 0 Å². The standard InChI is InChI=1S/C28H34N2O4/c1-5-17-16-30-9-7-19-13-27(33-3)28(34-4)15-22(19)24(30)11-20(17)10-23-21-14-26(32-2)25(31)12-18(21)6-8-29-23/h6,8,12-15,17,20,24,31H,5,7,9-11,16H2,1-4H3. The molecule has 1 N–H and O–H groups in total. The third-order valence-electron chi connectivity index (χ3n) is 7.90. The molecule has 3 heterocycles. The maximum Gasteiger partial charge on any atom is 0.161 e. The fourth-order valence-corrected chi connectivity index (χ4v) is 6.04. The Morgan fingerprint density at radius 2 is 1.76 bits per heavy atom. The average Bonchev–Trinajstić information content (AvgIpc) is 2.87. The highest BCUT2D eigenvalue weighted by Gasteiger charge is 2.39. The molecule has 6 nitrogen and oxygen atoms in total. The van der Waals surface area contributed by atoms with Crippen LogP contribution in [-0.4, -0.2) is 49.4 Å². The van der Waals surface area contributed by atoms with Gasteiger partial charge in [-0.05, 0) is 77.9 Å². The summed E-state index contributed by atoms with van der Waals surface area (Å²) in [6.07, 6.45) is 6.06. The molecule has 2 aliphatic heterocycles. The molecular weight excluding hydrogens is 428 g/mol. The monoisotopic (exact) mass is 462 g/mol. The second kappa shape index (κ2) is 9.34. The van der Waals surface area contributed by atoms with E-state index in [9.17, 15) is 5.11 Å². The van der Waals surface area contributed by atoms with Crippen LogP contribution in [0.4, 0.5) is 0 Å². The minimum atomic E-state index is 0.162. The third-order valence-corrected chi connectivity index (χ3v) is 7.90. The van der Waals surface area contributed by atoms with Gasteiger partial charge in [-0.25, -0.2) is 0 Å². The zero-order valence-corrected chi connectivity index (χ0v) is 20.5. The molecule has 2 aromatic carbocycles. The van der Waals surface area contributed by atoms with Gasteiger partial charge in [-0.15, -0.1) is 0 Å². The molecule has 0 bridgehead atoms. The molecule has 34 heavy (non-hydrogen) atoms. The van der Waals surface area contributed by atoms with Crippen molar-refractivity contribution in [3.8, 4) is 23.0 Å². The van der Waals surface area contributed by atoms with E-state index < -0.39 is 0 Å². The van der Waals surface area contributed by atoms with Gasteiger partial charge < -0.3 is 19.3 Å². The van der Waals surface area contributed by atoms with Crippen molar-refractivity contribution in [2.75, 3.05) is 34.4 Å². The van der Waals surface area contributed by atoms with Crippen molar-refractivity contribution in [3.05, 3.63) is 53.3 Å². The van der Waals surface area contributed by atoms with Crippen molar-refractivity contribution in [2.24, 2.45) is 11.8 Å². The lowest BCUT2D eigenvalue weighted by Crippen LogP contribution is -2.46. The van der Waals surface area contributed by atoms with Crippen LogP contribution in [0.2, 0.25) is 0 Å². The van der Waals surface area contributed by atoms with Crippen molar-refractivity contribution in [3.63, 3.8) is 0 Å². The summed E-state index contributed by atoms with van der Waals surface area (Å²) in [6.45, 7) is 4.50. The smallest absolute Gasteiger partial charge is 0.161 e. The number of phenols is 1. The molecule has 0 aliphatic carbocycles. The van der Waals surface area contributed by atoms with Crippen LogP contribution in [0.3, 0.4) is 0 Å². The molecular formula is C28H34N2O4. The maximum atomic E-state index is 10.2. The minimum Gasteiger partial charge on any atom is -0.504 e. The number of rotatable bonds is 6. The number of aromatic nitrogens is 1. The molecule has 0 radical (unpaired) electrons. The number of piperidine rings is 1. The molecule has 3 aromatic rings.